The average Bonchev–Trinajstić information content (AvgIpc) is 3.34. The molecule has 0 radical (unpaired) electrons. The fraction of sp³-hybridized carbons (Fsp3) is 0.952. The summed E-state index contributed by atoms with van der Waals surface area (Å²) in [7, 11) is 0. The van der Waals surface area contributed by atoms with Gasteiger partial charge in [-0.1, -0.05) is 317 Å². The highest BCUT2D eigenvalue weighted by Crippen LogP contribution is 2.19. The molecule has 6 heteroatoms. The summed E-state index contributed by atoms with van der Waals surface area (Å²) < 4.78 is 16.9. The first-order valence-electron chi connectivity index (χ1n) is 31.3. The van der Waals surface area contributed by atoms with E-state index in [9.17, 15) is 14.4 Å². The van der Waals surface area contributed by atoms with Crippen LogP contribution < -0.4 is 0 Å². The average molecular weight is 976 g/mol. The summed E-state index contributed by atoms with van der Waals surface area (Å²) >= 11 is 0. The molecule has 0 fully saturated rings. The van der Waals surface area contributed by atoms with Crippen molar-refractivity contribution in [3.63, 3.8) is 0 Å². The largest absolute Gasteiger partial charge is 0.462 e. The summed E-state index contributed by atoms with van der Waals surface area (Å²) in [5.41, 5.74) is 0. The number of hydrogen-bond donors (Lipinski definition) is 0. The van der Waals surface area contributed by atoms with E-state index in [4.69, 9.17) is 14.2 Å². The van der Waals surface area contributed by atoms with Gasteiger partial charge in [-0.05, 0) is 31.1 Å². The van der Waals surface area contributed by atoms with Crippen molar-refractivity contribution in [3.05, 3.63) is 0 Å². The highest BCUT2D eigenvalue weighted by atomic mass is 16.6. The zero-order valence-electron chi connectivity index (χ0n) is 47.5. The Kier molecular flexibility index (Phi) is 54.4. The van der Waals surface area contributed by atoms with Gasteiger partial charge in [0.2, 0.25) is 0 Å². The van der Waals surface area contributed by atoms with Crippen molar-refractivity contribution in [2.75, 3.05) is 13.2 Å². The normalized spacial score (nSPS) is 12.4. The van der Waals surface area contributed by atoms with Gasteiger partial charge in [0.25, 0.3) is 0 Å². The molecular weight excluding hydrogens is 853 g/mol. The quantitative estimate of drug-likeness (QED) is 0.0343. The van der Waals surface area contributed by atoms with Gasteiger partial charge in [0, 0.05) is 19.3 Å². The van der Waals surface area contributed by atoms with Gasteiger partial charge < -0.3 is 14.2 Å². The van der Waals surface area contributed by atoms with Crippen LogP contribution in [0.15, 0.2) is 0 Å². The van der Waals surface area contributed by atoms with Crippen LogP contribution in [-0.2, 0) is 28.6 Å². The van der Waals surface area contributed by atoms with Gasteiger partial charge in [0.15, 0.2) is 6.10 Å². The van der Waals surface area contributed by atoms with Gasteiger partial charge in [-0.25, -0.2) is 0 Å². The van der Waals surface area contributed by atoms with Crippen LogP contribution in [0.5, 0.6) is 0 Å². The highest BCUT2D eigenvalue weighted by Gasteiger charge is 2.19. The molecule has 0 aromatic heterocycles. The van der Waals surface area contributed by atoms with Crippen LogP contribution in [0.4, 0.5) is 0 Å². The predicted molar refractivity (Wildman–Crippen MR) is 298 cm³/mol. The topological polar surface area (TPSA) is 78.9 Å². The molecule has 0 amide bonds. The standard InChI is InChI=1S/C63H122O6/c1-6-8-9-10-11-12-13-28-35-40-45-50-55-63(66)69-60(57-68-62(65)54-49-44-39-34-30-25-21-20-23-27-32-37-42-47-52-59(5)7-2)56-67-61(64)53-48-43-38-33-29-24-19-17-15-14-16-18-22-26-31-36-41-46-51-58(3)4/h58-60H,6-57H2,1-5H3/t59?,60-/m1/s1. The Morgan fingerprint density at radius 1 is 0.304 bits per heavy atom. The summed E-state index contributed by atoms with van der Waals surface area (Å²) in [5.74, 6) is 0.921. The summed E-state index contributed by atoms with van der Waals surface area (Å²) in [6.45, 7) is 11.5. The van der Waals surface area contributed by atoms with Crippen LogP contribution in [0.1, 0.15) is 356 Å². The molecule has 0 N–H and O–H groups in total. The molecule has 69 heavy (non-hydrogen) atoms. The highest BCUT2D eigenvalue weighted by molar-refractivity contribution is 5.71. The van der Waals surface area contributed by atoms with E-state index in [0.717, 1.165) is 69.6 Å². The van der Waals surface area contributed by atoms with Crippen molar-refractivity contribution in [2.24, 2.45) is 11.8 Å². The van der Waals surface area contributed by atoms with Gasteiger partial charge >= 0.3 is 17.9 Å². The molecule has 0 aromatic rings. The molecule has 0 aliphatic heterocycles. The number of ether oxygens (including phenoxy) is 3. The van der Waals surface area contributed by atoms with Crippen LogP contribution in [0, 0.1) is 11.8 Å². The molecule has 0 aromatic carbocycles. The molecule has 0 saturated heterocycles. The summed E-state index contributed by atoms with van der Waals surface area (Å²) in [5, 5.41) is 0. The minimum atomic E-state index is -0.763. The van der Waals surface area contributed by atoms with Crippen molar-refractivity contribution in [2.45, 2.75) is 362 Å². The van der Waals surface area contributed by atoms with Crippen LogP contribution in [0.3, 0.4) is 0 Å². The summed E-state index contributed by atoms with van der Waals surface area (Å²) in [6, 6.07) is 0. The van der Waals surface area contributed by atoms with Gasteiger partial charge in [0.1, 0.15) is 13.2 Å². The molecular formula is C63H122O6. The smallest absolute Gasteiger partial charge is 0.306 e. The van der Waals surface area contributed by atoms with E-state index in [0.29, 0.717) is 19.3 Å². The lowest BCUT2D eigenvalue weighted by Gasteiger charge is -2.18. The molecule has 6 nitrogen and oxygen atoms in total. The van der Waals surface area contributed by atoms with E-state index in [1.54, 1.807) is 0 Å². The number of rotatable bonds is 57. The van der Waals surface area contributed by atoms with Gasteiger partial charge in [-0.2, -0.15) is 0 Å². The number of unbranched alkanes of at least 4 members (excludes halogenated alkanes) is 41. The number of hydrogen-bond acceptors (Lipinski definition) is 6. The molecule has 1 unspecified atom stereocenters. The molecule has 0 bridgehead atoms. The molecule has 410 valence electrons. The maximum absolute atomic E-state index is 12.8. The summed E-state index contributed by atoms with van der Waals surface area (Å²) in [6.07, 6.45) is 60.9. The molecule has 0 saturated carbocycles. The second kappa shape index (κ2) is 55.7. The lowest BCUT2D eigenvalue weighted by atomic mass is 9.99. The lowest BCUT2D eigenvalue weighted by molar-refractivity contribution is -0.167. The van der Waals surface area contributed by atoms with Crippen molar-refractivity contribution in [1.29, 1.82) is 0 Å². The fourth-order valence-electron chi connectivity index (χ4n) is 9.73. The Morgan fingerprint density at radius 2 is 0.551 bits per heavy atom. The van der Waals surface area contributed by atoms with E-state index in [-0.39, 0.29) is 31.1 Å². The Hall–Kier alpha value is -1.59. The Morgan fingerprint density at radius 3 is 0.826 bits per heavy atom. The first-order valence-corrected chi connectivity index (χ1v) is 31.3. The second-order valence-corrected chi connectivity index (χ2v) is 22.4. The van der Waals surface area contributed by atoms with E-state index >= 15 is 0 Å². The number of carbonyl (C=O) groups excluding carboxylic acids is 3. The monoisotopic (exact) mass is 975 g/mol. The minimum absolute atomic E-state index is 0.0620. The molecule has 0 aliphatic carbocycles. The van der Waals surface area contributed by atoms with E-state index in [1.807, 2.05) is 0 Å². The second-order valence-electron chi connectivity index (χ2n) is 22.4. The minimum Gasteiger partial charge on any atom is -0.462 e. The number of esters is 3. The van der Waals surface area contributed by atoms with Crippen molar-refractivity contribution >= 4 is 17.9 Å². The molecule has 0 spiro atoms. The van der Waals surface area contributed by atoms with Gasteiger partial charge in [0.05, 0.1) is 0 Å². The van der Waals surface area contributed by atoms with Crippen LogP contribution >= 0.6 is 0 Å². The van der Waals surface area contributed by atoms with Crippen LogP contribution in [-0.4, -0.2) is 37.2 Å². The van der Waals surface area contributed by atoms with E-state index in [2.05, 4.69) is 34.6 Å². The lowest BCUT2D eigenvalue weighted by Crippen LogP contribution is -2.30. The maximum Gasteiger partial charge on any atom is 0.306 e. The Labute approximate surface area is 431 Å². The Balaban J connectivity index is 4.22. The van der Waals surface area contributed by atoms with Crippen LogP contribution in [0.25, 0.3) is 0 Å². The van der Waals surface area contributed by atoms with E-state index < -0.39 is 6.10 Å². The van der Waals surface area contributed by atoms with Crippen LogP contribution in [0.2, 0.25) is 0 Å². The van der Waals surface area contributed by atoms with Gasteiger partial charge in [-0.3, -0.25) is 14.4 Å². The first-order chi connectivity index (χ1) is 33.8. The summed E-state index contributed by atoms with van der Waals surface area (Å²) in [4.78, 5) is 38.2. The first kappa shape index (κ1) is 67.4. The fourth-order valence-corrected chi connectivity index (χ4v) is 9.73. The molecule has 0 heterocycles. The van der Waals surface area contributed by atoms with Gasteiger partial charge in [-0.15, -0.1) is 0 Å². The number of carbonyl (C=O) groups is 3. The molecule has 0 aliphatic rings. The molecule has 2 atom stereocenters. The zero-order chi connectivity index (χ0) is 50.4. The van der Waals surface area contributed by atoms with E-state index in [1.165, 1.54) is 244 Å². The zero-order valence-corrected chi connectivity index (χ0v) is 47.5. The van der Waals surface area contributed by atoms with Crippen molar-refractivity contribution in [1.82, 2.24) is 0 Å². The SMILES string of the molecule is CCCCCCCCCCCCCCC(=O)O[C@H](COC(=O)CCCCCCCCCCCCCCCCCCCCC(C)C)COC(=O)CCCCCCCCCCCCCCCCC(C)CC. The Bertz CT molecular complexity index is 1060. The predicted octanol–water partition coefficient (Wildman–Crippen LogP) is 20.8. The van der Waals surface area contributed by atoms with Crippen molar-refractivity contribution in [3.8, 4) is 0 Å². The third-order valence-corrected chi connectivity index (χ3v) is 14.8. The third-order valence-electron chi connectivity index (χ3n) is 14.8. The molecule has 0 rings (SSSR count). The third kappa shape index (κ3) is 55.6. The maximum atomic E-state index is 12.8. The van der Waals surface area contributed by atoms with Crippen molar-refractivity contribution < 1.29 is 28.6 Å².